The van der Waals surface area contributed by atoms with Gasteiger partial charge in [0.15, 0.2) is 0 Å². The number of piperidine rings is 1. The first-order valence-electron chi connectivity index (χ1n) is 7.19. The Balaban J connectivity index is 2.44. The standard InChI is InChI=1S/C15H24N2O2S/c1-11-5-4-8-17(13(11)3)20(18,19)15-9-14(10-16)7-6-12(15)2/h6-7,9,11,13H,4-5,8,10,16H2,1-3H3. The smallest absolute Gasteiger partial charge is 0.243 e. The van der Waals surface area contributed by atoms with Gasteiger partial charge in [-0.2, -0.15) is 4.31 Å². The van der Waals surface area contributed by atoms with Crippen LogP contribution in [0, 0.1) is 12.8 Å². The lowest BCUT2D eigenvalue weighted by Crippen LogP contribution is -2.46. The largest absolute Gasteiger partial charge is 0.326 e. The molecule has 1 saturated heterocycles. The molecule has 1 heterocycles. The van der Waals surface area contributed by atoms with Crippen molar-refractivity contribution in [2.75, 3.05) is 6.54 Å². The average molecular weight is 296 g/mol. The minimum atomic E-state index is -3.43. The molecule has 4 nitrogen and oxygen atoms in total. The molecule has 20 heavy (non-hydrogen) atoms. The molecule has 0 radical (unpaired) electrons. The van der Waals surface area contributed by atoms with Crippen LogP contribution in [0.5, 0.6) is 0 Å². The molecule has 0 aromatic heterocycles. The fourth-order valence-electron chi connectivity index (χ4n) is 2.81. The lowest BCUT2D eigenvalue weighted by Gasteiger charge is -2.37. The molecule has 0 bridgehead atoms. The number of nitrogens with two attached hydrogens (primary N) is 1. The Kier molecular flexibility index (Phi) is 4.52. The van der Waals surface area contributed by atoms with E-state index in [2.05, 4.69) is 6.92 Å². The van der Waals surface area contributed by atoms with E-state index in [1.165, 1.54) is 0 Å². The molecule has 1 aromatic carbocycles. The number of benzene rings is 1. The average Bonchev–Trinajstić information content (AvgIpc) is 2.42. The molecule has 112 valence electrons. The van der Waals surface area contributed by atoms with Crippen LogP contribution in [0.4, 0.5) is 0 Å². The van der Waals surface area contributed by atoms with Gasteiger partial charge in [-0.3, -0.25) is 0 Å². The van der Waals surface area contributed by atoms with E-state index in [9.17, 15) is 8.42 Å². The molecular weight excluding hydrogens is 272 g/mol. The fraction of sp³-hybridized carbons (Fsp3) is 0.600. The summed E-state index contributed by atoms with van der Waals surface area (Å²) >= 11 is 0. The number of aryl methyl sites for hydroxylation is 1. The SMILES string of the molecule is Cc1ccc(CN)cc1S(=O)(=O)N1CCCC(C)C1C. The zero-order valence-corrected chi connectivity index (χ0v) is 13.3. The fourth-order valence-corrected chi connectivity index (χ4v) is 4.86. The van der Waals surface area contributed by atoms with E-state index < -0.39 is 10.0 Å². The molecule has 2 N–H and O–H groups in total. The first-order chi connectivity index (χ1) is 9.37. The quantitative estimate of drug-likeness (QED) is 0.930. The molecule has 1 aliphatic rings. The Morgan fingerprint density at radius 1 is 1.35 bits per heavy atom. The molecule has 0 amide bonds. The lowest BCUT2D eigenvalue weighted by molar-refractivity contribution is 0.202. The van der Waals surface area contributed by atoms with E-state index in [-0.39, 0.29) is 6.04 Å². The molecule has 2 atom stereocenters. The van der Waals surface area contributed by atoms with Gasteiger partial charge in [-0.25, -0.2) is 8.42 Å². The zero-order chi connectivity index (χ0) is 14.9. The van der Waals surface area contributed by atoms with E-state index in [1.54, 1.807) is 10.4 Å². The minimum absolute atomic E-state index is 0.0506. The Bertz CT molecular complexity index is 584. The van der Waals surface area contributed by atoms with Gasteiger partial charge >= 0.3 is 0 Å². The maximum atomic E-state index is 12.9. The van der Waals surface area contributed by atoms with E-state index in [1.807, 2.05) is 26.0 Å². The summed E-state index contributed by atoms with van der Waals surface area (Å²) in [6.45, 7) is 6.93. The first kappa shape index (κ1) is 15.5. The predicted octanol–water partition coefficient (Wildman–Crippen LogP) is 2.26. The molecule has 0 spiro atoms. The Hall–Kier alpha value is -0.910. The second kappa shape index (κ2) is 5.84. The zero-order valence-electron chi connectivity index (χ0n) is 12.5. The third-order valence-electron chi connectivity index (χ3n) is 4.39. The maximum Gasteiger partial charge on any atom is 0.243 e. The van der Waals surface area contributed by atoms with Crippen LogP contribution in [0.2, 0.25) is 0 Å². The van der Waals surface area contributed by atoms with Gasteiger partial charge in [0.2, 0.25) is 10.0 Å². The third-order valence-corrected chi connectivity index (χ3v) is 6.52. The van der Waals surface area contributed by atoms with Crippen LogP contribution in [0.15, 0.2) is 23.1 Å². The lowest BCUT2D eigenvalue weighted by atomic mass is 9.94. The molecule has 0 aliphatic carbocycles. The summed E-state index contributed by atoms with van der Waals surface area (Å²) in [7, 11) is -3.43. The van der Waals surface area contributed by atoms with Gasteiger partial charge in [0.05, 0.1) is 4.90 Å². The number of hydrogen-bond acceptors (Lipinski definition) is 3. The van der Waals surface area contributed by atoms with Crippen molar-refractivity contribution in [3.8, 4) is 0 Å². The van der Waals surface area contributed by atoms with Crippen molar-refractivity contribution in [1.29, 1.82) is 0 Å². The van der Waals surface area contributed by atoms with Gasteiger partial charge in [-0.1, -0.05) is 19.1 Å². The van der Waals surface area contributed by atoms with Crippen molar-refractivity contribution in [2.24, 2.45) is 11.7 Å². The van der Waals surface area contributed by atoms with Crippen molar-refractivity contribution in [3.63, 3.8) is 0 Å². The monoisotopic (exact) mass is 296 g/mol. The van der Waals surface area contributed by atoms with E-state index in [4.69, 9.17) is 5.73 Å². The van der Waals surface area contributed by atoms with Crippen LogP contribution in [0.25, 0.3) is 0 Å². The molecule has 2 unspecified atom stereocenters. The number of rotatable bonds is 3. The third kappa shape index (κ3) is 2.75. The molecule has 1 aromatic rings. The Morgan fingerprint density at radius 2 is 2.05 bits per heavy atom. The summed E-state index contributed by atoms with van der Waals surface area (Å²) in [5, 5.41) is 0. The summed E-state index contributed by atoms with van der Waals surface area (Å²) in [5.74, 6) is 0.400. The molecule has 0 saturated carbocycles. The van der Waals surface area contributed by atoms with Crippen molar-refractivity contribution in [1.82, 2.24) is 4.31 Å². The van der Waals surface area contributed by atoms with Crippen LogP contribution < -0.4 is 5.73 Å². The summed E-state index contributed by atoms with van der Waals surface area (Å²) < 4.78 is 27.5. The topological polar surface area (TPSA) is 63.4 Å². The van der Waals surface area contributed by atoms with Crippen LogP contribution in [0.1, 0.15) is 37.8 Å². The Labute approximate surface area is 122 Å². The Morgan fingerprint density at radius 3 is 2.70 bits per heavy atom. The van der Waals surface area contributed by atoms with Gasteiger partial charge in [0.25, 0.3) is 0 Å². The van der Waals surface area contributed by atoms with Crippen molar-refractivity contribution >= 4 is 10.0 Å². The summed E-state index contributed by atoms with van der Waals surface area (Å²) in [6.07, 6.45) is 2.02. The van der Waals surface area contributed by atoms with Crippen LogP contribution >= 0.6 is 0 Å². The van der Waals surface area contributed by atoms with Crippen LogP contribution in [0.3, 0.4) is 0 Å². The van der Waals surface area contributed by atoms with Crippen LogP contribution in [-0.2, 0) is 16.6 Å². The van der Waals surface area contributed by atoms with Crippen molar-refractivity contribution in [2.45, 2.75) is 51.1 Å². The summed E-state index contributed by atoms with van der Waals surface area (Å²) in [4.78, 5) is 0.404. The second-order valence-corrected chi connectivity index (χ2v) is 7.64. The number of nitrogens with zero attached hydrogens (tertiary/aromatic N) is 1. The highest BCUT2D eigenvalue weighted by atomic mass is 32.2. The second-order valence-electron chi connectivity index (χ2n) is 5.78. The molecular formula is C15H24N2O2S. The normalized spacial score (nSPS) is 24.8. The van der Waals surface area contributed by atoms with E-state index in [0.29, 0.717) is 23.9 Å². The number of sulfonamides is 1. The highest BCUT2D eigenvalue weighted by Gasteiger charge is 2.35. The molecule has 1 fully saturated rings. The highest BCUT2D eigenvalue weighted by Crippen LogP contribution is 2.30. The summed E-state index contributed by atoms with van der Waals surface area (Å²) in [6, 6.07) is 5.50. The molecule has 2 rings (SSSR count). The summed E-state index contributed by atoms with van der Waals surface area (Å²) in [5.41, 5.74) is 7.27. The van der Waals surface area contributed by atoms with Crippen molar-refractivity contribution in [3.05, 3.63) is 29.3 Å². The maximum absolute atomic E-state index is 12.9. The van der Waals surface area contributed by atoms with Gasteiger partial charge in [-0.05, 0) is 49.8 Å². The predicted molar refractivity (Wildman–Crippen MR) is 80.8 cm³/mol. The van der Waals surface area contributed by atoms with Crippen LogP contribution in [-0.4, -0.2) is 25.3 Å². The molecule has 5 heteroatoms. The van der Waals surface area contributed by atoms with Gasteiger partial charge in [0, 0.05) is 19.1 Å². The van der Waals surface area contributed by atoms with Gasteiger partial charge < -0.3 is 5.73 Å². The minimum Gasteiger partial charge on any atom is -0.326 e. The first-order valence-corrected chi connectivity index (χ1v) is 8.63. The van der Waals surface area contributed by atoms with E-state index >= 15 is 0 Å². The number of hydrogen-bond donors (Lipinski definition) is 1. The van der Waals surface area contributed by atoms with Gasteiger partial charge in [0.1, 0.15) is 0 Å². The van der Waals surface area contributed by atoms with Crippen molar-refractivity contribution < 1.29 is 8.42 Å². The van der Waals surface area contributed by atoms with E-state index in [0.717, 1.165) is 24.0 Å². The molecule has 1 aliphatic heterocycles. The van der Waals surface area contributed by atoms with Gasteiger partial charge in [-0.15, -0.1) is 0 Å². The highest BCUT2D eigenvalue weighted by molar-refractivity contribution is 7.89.